The molecular weight excluding hydrogens is 107 g/mol. The molecule has 0 spiro atoms. The van der Waals surface area contributed by atoms with Crippen LogP contribution in [0.2, 0.25) is 0 Å². The fourth-order valence-electron chi connectivity index (χ4n) is 0.201. The molecule has 0 radical (unpaired) electrons. The summed E-state index contributed by atoms with van der Waals surface area (Å²) in [6, 6.07) is 0. The number of hydrogen-bond donors (Lipinski definition) is 1. The van der Waals surface area contributed by atoms with Crippen LogP contribution in [-0.2, 0) is 0 Å². The van der Waals surface area contributed by atoms with Gasteiger partial charge in [-0.2, -0.15) is 0 Å². The second-order valence-electron chi connectivity index (χ2n) is 1.43. The molecule has 1 nitrogen and oxygen atoms in total. The third-order valence-corrected chi connectivity index (χ3v) is 1.49. The van der Waals surface area contributed by atoms with E-state index in [0.29, 0.717) is 0 Å². The molecule has 0 bridgehead atoms. The van der Waals surface area contributed by atoms with E-state index in [4.69, 9.17) is 5.11 Å². The minimum absolute atomic E-state index is 0.375. The van der Waals surface area contributed by atoms with Crippen LogP contribution in [0.3, 0.4) is 0 Å². The Hall–Kier alpha value is 0.115. The molecule has 0 aliphatic rings. The fraction of sp³-hybridized carbons (Fsp3) is 0.500. The van der Waals surface area contributed by atoms with Gasteiger partial charge in [0.15, 0.2) is 0 Å². The lowest BCUT2D eigenvalue weighted by Gasteiger charge is -2.03. The quantitative estimate of drug-likeness (QED) is 0.398. The molecule has 0 saturated carbocycles. The van der Waals surface area contributed by atoms with Crippen LogP contribution in [0.5, 0.6) is 0 Å². The van der Waals surface area contributed by atoms with Crippen molar-refractivity contribution >= 4 is 19.6 Å². The first-order valence-electron chi connectivity index (χ1n) is 2.04. The van der Waals surface area contributed by atoms with Gasteiger partial charge in [-0.3, -0.25) is 0 Å². The van der Waals surface area contributed by atoms with Crippen molar-refractivity contribution in [1.29, 1.82) is 0 Å². The zero-order chi connectivity index (χ0) is 5.86. The summed E-state index contributed by atoms with van der Waals surface area (Å²) < 4.78 is 0. The molecule has 1 atom stereocenters. The maximum atomic E-state index is 8.80. The van der Waals surface area contributed by atoms with Crippen molar-refractivity contribution in [3.8, 4) is 0 Å². The average molecular weight is 116 g/mol. The van der Waals surface area contributed by atoms with Crippen molar-refractivity contribution in [3.63, 3.8) is 0 Å². The van der Waals surface area contributed by atoms with Gasteiger partial charge in [-0.05, 0) is 6.26 Å². The summed E-state index contributed by atoms with van der Waals surface area (Å²) in [6.45, 7) is 3.56. The van der Waals surface area contributed by atoms with Gasteiger partial charge in [-0.1, -0.05) is 5.47 Å². The van der Waals surface area contributed by atoms with Crippen LogP contribution in [0.4, 0.5) is 0 Å². The molecular formula is C4H9BOS. The molecule has 0 heterocycles. The molecule has 0 amide bonds. The van der Waals surface area contributed by atoms with E-state index >= 15 is 0 Å². The van der Waals surface area contributed by atoms with E-state index < -0.39 is 0 Å². The van der Waals surface area contributed by atoms with Gasteiger partial charge in [0.1, 0.15) is 13.3 Å². The predicted molar refractivity (Wildman–Crippen MR) is 37.2 cm³/mol. The number of thioether (sulfide) groups is 1. The number of hydrogen-bond acceptors (Lipinski definition) is 2. The predicted octanol–water partition coefficient (Wildman–Crippen LogP) is -0.185. The second-order valence-corrected chi connectivity index (χ2v) is 2.35. The second kappa shape index (κ2) is 3.16. The van der Waals surface area contributed by atoms with Gasteiger partial charge in [0.05, 0.1) is 0 Å². The molecule has 3 heteroatoms. The Labute approximate surface area is 49.2 Å². The molecule has 0 rings (SSSR count). The highest BCUT2D eigenvalue weighted by atomic mass is 32.2. The summed E-state index contributed by atoms with van der Waals surface area (Å²) in [5, 5.41) is 8.80. The monoisotopic (exact) mass is 116 g/mol. The Bertz CT molecular complexity index is 74.1. The number of aliphatic hydroxyl groups excluding tert-OH is 1. The lowest BCUT2D eigenvalue weighted by Crippen LogP contribution is -2.01. The van der Waals surface area contributed by atoms with Gasteiger partial charge >= 0.3 is 0 Å². The summed E-state index contributed by atoms with van der Waals surface area (Å²) >= 11 is 1.39. The maximum absolute atomic E-state index is 8.80. The Morgan fingerprint density at radius 2 is 2.43 bits per heavy atom. The zero-order valence-corrected chi connectivity index (χ0v) is 5.46. The lowest BCUT2D eigenvalue weighted by atomic mass is 9.99. The third kappa shape index (κ3) is 2.77. The van der Waals surface area contributed by atoms with Gasteiger partial charge in [0, 0.05) is 0 Å². The van der Waals surface area contributed by atoms with Crippen LogP contribution < -0.4 is 0 Å². The fourth-order valence-corrected chi connectivity index (χ4v) is 0.604. The van der Waals surface area contributed by atoms with Gasteiger partial charge in [-0.25, -0.2) is 0 Å². The minimum Gasteiger partial charge on any atom is -0.379 e. The smallest absolute Gasteiger partial charge is 0.137 e. The lowest BCUT2D eigenvalue weighted by molar-refractivity contribution is 0.306. The van der Waals surface area contributed by atoms with Crippen molar-refractivity contribution in [3.05, 3.63) is 12.1 Å². The Kier molecular flexibility index (Phi) is 3.21. The van der Waals surface area contributed by atoms with E-state index in [0.717, 1.165) is 5.47 Å². The highest BCUT2D eigenvalue weighted by Crippen LogP contribution is 2.06. The zero-order valence-electron chi connectivity index (χ0n) is 4.64. The Morgan fingerprint density at radius 1 is 2.00 bits per heavy atom. The summed E-state index contributed by atoms with van der Waals surface area (Å²) in [5.41, 5.74) is 0.437. The topological polar surface area (TPSA) is 20.2 Å². The molecule has 0 aromatic rings. The first-order valence-corrected chi connectivity index (χ1v) is 3.33. The molecule has 0 aromatic carbocycles. The molecule has 40 valence electrons. The normalized spacial score (nSPS) is 13.4. The van der Waals surface area contributed by atoms with E-state index in [1.807, 2.05) is 6.26 Å². The summed E-state index contributed by atoms with van der Waals surface area (Å²) in [6.07, 6.45) is 1.85. The van der Waals surface area contributed by atoms with Gasteiger partial charge in [-0.15, -0.1) is 18.3 Å². The van der Waals surface area contributed by atoms with Crippen LogP contribution >= 0.6 is 11.8 Å². The molecule has 0 aliphatic carbocycles. The summed E-state index contributed by atoms with van der Waals surface area (Å²) in [7, 11) is 1.81. The van der Waals surface area contributed by atoms with E-state index in [1.54, 1.807) is 7.85 Å². The van der Waals surface area contributed by atoms with Crippen molar-refractivity contribution in [2.24, 2.45) is 0 Å². The number of rotatable bonds is 2. The largest absolute Gasteiger partial charge is 0.379 e. The van der Waals surface area contributed by atoms with Crippen LogP contribution in [0.25, 0.3) is 0 Å². The first-order chi connectivity index (χ1) is 3.18. The van der Waals surface area contributed by atoms with Crippen LogP contribution in [0.15, 0.2) is 12.1 Å². The first kappa shape index (κ1) is 7.11. The highest BCUT2D eigenvalue weighted by Gasteiger charge is 1.97. The number of aliphatic hydroxyl groups is 1. The molecule has 0 aromatic heterocycles. The Morgan fingerprint density at radius 3 is 2.43 bits per heavy atom. The van der Waals surface area contributed by atoms with E-state index in [2.05, 4.69) is 6.58 Å². The van der Waals surface area contributed by atoms with Crippen LogP contribution in [-0.4, -0.2) is 24.6 Å². The van der Waals surface area contributed by atoms with E-state index in [1.165, 1.54) is 11.8 Å². The van der Waals surface area contributed by atoms with Crippen LogP contribution in [0.1, 0.15) is 0 Å². The molecule has 1 unspecified atom stereocenters. The standard InChI is InChI=1S/C4H9BOS/c1-3(5)4(6)7-2/h4,6H,1,5H2,2H3. The van der Waals surface area contributed by atoms with Crippen molar-refractivity contribution < 1.29 is 5.11 Å². The highest BCUT2D eigenvalue weighted by molar-refractivity contribution is 7.99. The molecule has 0 saturated heterocycles. The van der Waals surface area contributed by atoms with Crippen LogP contribution in [0, 0.1) is 0 Å². The summed E-state index contributed by atoms with van der Waals surface area (Å²) in [4.78, 5) is 0. The average Bonchev–Trinajstić information content (AvgIpc) is 1.65. The van der Waals surface area contributed by atoms with Crippen molar-refractivity contribution in [1.82, 2.24) is 0 Å². The molecule has 0 aliphatic heterocycles. The molecule has 0 fully saturated rings. The summed E-state index contributed by atoms with van der Waals surface area (Å²) in [5.74, 6) is 0. The van der Waals surface area contributed by atoms with Gasteiger partial charge < -0.3 is 5.11 Å². The molecule has 7 heavy (non-hydrogen) atoms. The maximum Gasteiger partial charge on any atom is 0.137 e. The third-order valence-electron chi connectivity index (χ3n) is 0.645. The van der Waals surface area contributed by atoms with Crippen molar-refractivity contribution in [2.45, 2.75) is 5.44 Å². The van der Waals surface area contributed by atoms with E-state index in [9.17, 15) is 0 Å². The van der Waals surface area contributed by atoms with Crippen molar-refractivity contribution in [2.75, 3.05) is 6.26 Å². The van der Waals surface area contributed by atoms with E-state index in [-0.39, 0.29) is 5.44 Å². The van der Waals surface area contributed by atoms with Gasteiger partial charge in [0.25, 0.3) is 0 Å². The molecule has 1 N–H and O–H groups in total. The minimum atomic E-state index is -0.375. The SMILES string of the molecule is BC(=C)C(O)SC. The Balaban J connectivity index is 3.34. The van der Waals surface area contributed by atoms with Gasteiger partial charge in [0.2, 0.25) is 0 Å².